The summed E-state index contributed by atoms with van der Waals surface area (Å²) in [7, 11) is 0. The predicted molar refractivity (Wildman–Crippen MR) is 93.5 cm³/mol. The van der Waals surface area contributed by atoms with Gasteiger partial charge in [0.15, 0.2) is 0 Å². The molecule has 8 heteroatoms. The summed E-state index contributed by atoms with van der Waals surface area (Å²) < 4.78 is 26.5. The quantitative estimate of drug-likeness (QED) is 0.716. The van der Waals surface area contributed by atoms with Gasteiger partial charge in [0.2, 0.25) is 0 Å². The van der Waals surface area contributed by atoms with Crippen LogP contribution in [0.15, 0.2) is 42.6 Å². The van der Waals surface area contributed by atoms with E-state index >= 15 is 0 Å². The van der Waals surface area contributed by atoms with Crippen LogP contribution in [-0.4, -0.2) is 15.9 Å². The molecule has 0 saturated heterocycles. The molecule has 0 aliphatic carbocycles. The molecular formula is C18H12ClF2N4O. The number of carbonyl (C=O) groups excluding carboxylic acids is 1. The van der Waals surface area contributed by atoms with Crippen LogP contribution in [0.1, 0.15) is 15.9 Å². The number of carbonyl (C=O) groups is 1. The Bertz CT molecular complexity index is 961. The molecule has 1 amide bonds. The fourth-order valence-electron chi connectivity index (χ4n) is 2.38. The molecular weight excluding hydrogens is 362 g/mol. The number of halogens is 3. The minimum Gasteiger partial charge on any atom is -0.366 e. The predicted octanol–water partition coefficient (Wildman–Crippen LogP) is 3.59. The topological polar surface area (TPSA) is 80.9 Å². The Balaban J connectivity index is 1.93. The molecule has 0 saturated carbocycles. The van der Waals surface area contributed by atoms with E-state index in [1.165, 1.54) is 36.5 Å². The van der Waals surface area contributed by atoms with E-state index in [0.717, 1.165) is 6.07 Å². The number of rotatable bonds is 5. The van der Waals surface area contributed by atoms with Crippen LogP contribution >= 0.6 is 11.6 Å². The maximum atomic E-state index is 13.3. The van der Waals surface area contributed by atoms with Gasteiger partial charge in [-0.15, -0.1) is 0 Å². The highest BCUT2D eigenvalue weighted by Gasteiger charge is 2.15. The van der Waals surface area contributed by atoms with Crippen LogP contribution in [0.25, 0.3) is 11.3 Å². The molecule has 0 bridgehead atoms. The van der Waals surface area contributed by atoms with Gasteiger partial charge in [0, 0.05) is 24.4 Å². The SMILES string of the molecule is NC(=O)c1ccc(NCc2cc(F)cc(F)c2)nc1-c1c[c]ncc1Cl. The number of benzene rings is 1. The lowest BCUT2D eigenvalue weighted by atomic mass is 10.1. The van der Waals surface area contributed by atoms with Crippen molar-refractivity contribution in [2.75, 3.05) is 5.32 Å². The van der Waals surface area contributed by atoms with Crippen molar-refractivity contribution in [1.29, 1.82) is 0 Å². The Morgan fingerprint density at radius 1 is 1.23 bits per heavy atom. The first-order valence-electron chi connectivity index (χ1n) is 7.45. The van der Waals surface area contributed by atoms with Crippen molar-refractivity contribution >= 4 is 23.3 Å². The molecule has 0 aliphatic rings. The zero-order valence-corrected chi connectivity index (χ0v) is 14.0. The number of hydrogen-bond donors (Lipinski definition) is 2. The highest BCUT2D eigenvalue weighted by atomic mass is 35.5. The molecule has 2 heterocycles. The van der Waals surface area contributed by atoms with E-state index in [1.807, 2.05) is 0 Å². The third-order valence-electron chi connectivity index (χ3n) is 3.53. The number of aromatic nitrogens is 2. The van der Waals surface area contributed by atoms with E-state index in [-0.39, 0.29) is 22.8 Å². The Morgan fingerprint density at radius 2 is 1.96 bits per heavy atom. The fraction of sp³-hybridized carbons (Fsp3) is 0.0556. The molecule has 3 N–H and O–H groups in total. The monoisotopic (exact) mass is 373 g/mol. The zero-order valence-electron chi connectivity index (χ0n) is 13.3. The van der Waals surface area contributed by atoms with Crippen molar-refractivity contribution in [3.63, 3.8) is 0 Å². The first kappa shape index (κ1) is 17.8. The molecule has 1 radical (unpaired) electrons. The van der Waals surface area contributed by atoms with Gasteiger partial charge in [-0.1, -0.05) is 11.6 Å². The van der Waals surface area contributed by atoms with Gasteiger partial charge in [0.25, 0.3) is 5.91 Å². The zero-order chi connectivity index (χ0) is 18.7. The molecule has 0 fully saturated rings. The number of nitrogens with one attached hydrogen (secondary N) is 1. The summed E-state index contributed by atoms with van der Waals surface area (Å²) in [5, 5.41) is 3.23. The maximum Gasteiger partial charge on any atom is 0.250 e. The standard InChI is InChI=1S/C18H12ClF2N4O/c19-15-9-23-4-3-13(15)17-14(18(22)26)1-2-16(25-17)24-8-10-5-11(20)7-12(21)6-10/h1-3,5-7,9H,8H2,(H2,22,26)(H,24,25). The number of amides is 1. The van der Waals surface area contributed by atoms with Crippen LogP contribution < -0.4 is 11.1 Å². The summed E-state index contributed by atoms with van der Waals surface area (Å²) in [5.74, 6) is -1.63. The normalized spacial score (nSPS) is 10.6. The van der Waals surface area contributed by atoms with Crippen molar-refractivity contribution in [1.82, 2.24) is 9.97 Å². The van der Waals surface area contributed by atoms with Gasteiger partial charge in [-0.2, -0.15) is 0 Å². The van der Waals surface area contributed by atoms with Crippen LogP contribution in [0.2, 0.25) is 5.02 Å². The molecule has 0 spiro atoms. The summed E-state index contributed by atoms with van der Waals surface area (Å²) in [6.45, 7) is 0.132. The minimum absolute atomic E-state index is 0.132. The molecule has 2 aromatic heterocycles. The van der Waals surface area contributed by atoms with Gasteiger partial charge in [-0.25, -0.2) is 13.8 Å². The molecule has 131 valence electrons. The average Bonchev–Trinajstić information content (AvgIpc) is 2.59. The van der Waals surface area contributed by atoms with Gasteiger partial charge in [0.05, 0.1) is 22.5 Å². The molecule has 0 unspecified atom stereocenters. The highest BCUT2D eigenvalue weighted by molar-refractivity contribution is 6.33. The molecule has 0 aliphatic heterocycles. The lowest BCUT2D eigenvalue weighted by Crippen LogP contribution is -2.14. The Kier molecular flexibility index (Phi) is 5.09. The molecule has 5 nitrogen and oxygen atoms in total. The molecule has 26 heavy (non-hydrogen) atoms. The lowest BCUT2D eigenvalue weighted by molar-refractivity contribution is 0.100. The number of anilines is 1. The number of primary amides is 1. The van der Waals surface area contributed by atoms with E-state index in [9.17, 15) is 13.6 Å². The Labute approximate surface area is 152 Å². The minimum atomic E-state index is -0.668. The van der Waals surface area contributed by atoms with Crippen molar-refractivity contribution < 1.29 is 13.6 Å². The van der Waals surface area contributed by atoms with Crippen LogP contribution in [0, 0.1) is 17.8 Å². The van der Waals surface area contributed by atoms with Crippen molar-refractivity contribution in [2.24, 2.45) is 5.73 Å². The second-order valence-electron chi connectivity index (χ2n) is 5.38. The van der Waals surface area contributed by atoms with Crippen LogP contribution in [-0.2, 0) is 6.54 Å². The Hall–Kier alpha value is -3.06. The number of hydrogen-bond acceptors (Lipinski definition) is 4. The number of pyridine rings is 2. The fourth-order valence-corrected chi connectivity index (χ4v) is 2.58. The largest absolute Gasteiger partial charge is 0.366 e. The van der Waals surface area contributed by atoms with E-state index in [0.29, 0.717) is 16.9 Å². The van der Waals surface area contributed by atoms with Crippen molar-refractivity contribution in [2.45, 2.75) is 6.54 Å². The van der Waals surface area contributed by atoms with E-state index < -0.39 is 17.5 Å². The van der Waals surface area contributed by atoms with Gasteiger partial charge >= 0.3 is 0 Å². The molecule has 3 rings (SSSR count). The Morgan fingerprint density at radius 3 is 2.62 bits per heavy atom. The van der Waals surface area contributed by atoms with E-state index in [4.69, 9.17) is 17.3 Å². The summed E-state index contributed by atoms with van der Waals surface area (Å²) in [6.07, 6.45) is 4.00. The van der Waals surface area contributed by atoms with Gasteiger partial charge in [-0.3, -0.25) is 9.78 Å². The number of nitrogens with zero attached hydrogens (tertiary/aromatic N) is 2. The summed E-state index contributed by atoms with van der Waals surface area (Å²) in [6, 6.07) is 7.74. The van der Waals surface area contributed by atoms with Gasteiger partial charge < -0.3 is 11.1 Å². The lowest BCUT2D eigenvalue weighted by Gasteiger charge is -2.11. The maximum absolute atomic E-state index is 13.3. The third-order valence-corrected chi connectivity index (χ3v) is 3.83. The highest BCUT2D eigenvalue weighted by Crippen LogP contribution is 2.29. The summed E-state index contributed by atoms with van der Waals surface area (Å²) >= 11 is 6.12. The van der Waals surface area contributed by atoms with E-state index in [1.54, 1.807) is 0 Å². The summed E-state index contributed by atoms with van der Waals surface area (Å²) in [5.41, 5.74) is 6.68. The van der Waals surface area contributed by atoms with Crippen LogP contribution in [0.4, 0.5) is 14.6 Å². The van der Waals surface area contributed by atoms with Gasteiger partial charge in [0.1, 0.15) is 17.5 Å². The first-order valence-corrected chi connectivity index (χ1v) is 7.83. The van der Waals surface area contributed by atoms with E-state index in [2.05, 4.69) is 21.5 Å². The summed E-state index contributed by atoms with van der Waals surface area (Å²) in [4.78, 5) is 19.8. The van der Waals surface area contributed by atoms with Gasteiger partial charge in [-0.05, 0) is 35.9 Å². The molecule has 3 aromatic rings. The third kappa shape index (κ3) is 3.94. The second kappa shape index (κ2) is 7.45. The first-order chi connectivity index (χ1) is 12.4. The molecule has 0 atom stereocenters. The number of nitrogens with two attached hydrogens (primary N) is 1. The van der Waals surface area contributed by atoms with Crippen LogP contribution in [0.5, 0.6) is 0 Å². The van der Waals surface area contributed by atoms with Crippen molar-refractivity contribution in [3.05, 3.63) is 76.6 Å². The van der Waals surface area contributed by atoms with Crippen molar-refractivity contribution in [3.8, 4) is 11.3 Å². The smallest absolute Gasteiger partial charge is 0.250 e. The molecule has 1 aromatic carbocycles. The average molecular weight is 374 g/mol. The second-order valence-corrected chi connectivity index (χ2v) is 5.79. The van der Waals surface area contributed by atoms with Crippen LogP contribution in [0.3, 0.4) is 0 Å².